The van der Waals surface area contributed by atoms with Gasteiger partial charge in [0.25, 0.3) is 10.0 Å². The Hall–Kier alpha value is -0.960. The maximum atomic E-state index is 12.5. The van der Waals surface area contributed by atoms with Gasteiger partial charge in [0, 0.05) is 12.1 Å². The van der Waals surface area contributed by atoms with E-state index in [-0.39, 0.29) is 23.3 Å². The van der Waals surface area contributed by atoms with Crippen molar-refractivity contribution in [2.75, 3.05) is 6.54 Å². The zero-order valence-corrected chi connectivity index (χ0v) is 12.9. The molecule has 3 unspecified atom stereocenters. The Morgan fingerprint density at radius 1 is 1.48 bits per heavy atom. The Balaban J connectivity index is 1.68. The maximum Gasteiger partial charge on any atom is 0.258 e. The highest BCUT2D eigenvalue weighted by Gasteiger charge is 2.43. The maximum absolute atomic E-state index is 12.5. The summed E-state index contributed by atoms with van der Waals surface area (Å²) in [5.74, 6) is 0. The zero-order valence-electron chi connectivity index (χ0n) is 12.1. The monoisotopic (exact) mass is 314 g/mol. The van der Waals surface area contributed by atoms with Crippen molar-refractivity contribution < 1.29 is 13.2 Å². The molecule has 0 saturated carbocycles. The number of fused-ring (bicyclic) bond motifs is 2. The van der Waals surface area contributed by atoms with E-state index in [1.54, 1.807) is 6.20 Å². The number of rotatable bonds is 7. The summed E-state index contributed by atoms with van der Waals surface area (Å²) in [6, 6.07) is -0.117. The number of nitrogens with one attached hydrogen (secondary N) is 3. The number of hydrogen-bond acceptors (Lipinski definition) is 5. The summed E-state index contributed by atoms with van der Waals surface area (Å²) in [7, 11) is -3.58. The van der Waals surface area contributed by atoms with Gasteiger partial charge < -0.3 is 10.1 Å². The molecule has 3 heterocycles. The fourth-order valence-electron chi connectivity index (χ4n) is 3.08. The Kier molecular flexibility index (Phi) is 4.30. The summed E-state index contributed by atoms with van der Waals surface area (Å²) in [4.78, 5) is 0. The summed E-state index contributed by atoms with van der Waals surface area (Å²) in [6.45, 7) is 3.41. The summed E-state index contributed by atoms with van der Waals surface area (Å²) >= 11 is 0. The molecule has 7 nitrogen and oxygen atoms in total. The number of aromatic nitrogens is 2. The molecule has 1 aromatic heterocycles. The number of nitrogens with zero attached hydrogens (tertiary/aromatic N) is 1. The lowest BCUT2D eigenvalue weighted by atomic mass is 9.96. The molecular formula is C13H22N4O3S. The average molecular weight is 314 g/mol. The van der Waals surface area contributed by atoms with Crippen molar-refractivity contribution >= 4 is 10.0 Å². The van der Waals surface area contributed by atoms with Crippen LogP contribution in [0, 0.1) is 0 Å². The molecule has 2 bridgehead atoms. The van der Waals surface area contributed by atoms with E-state index < -0.39 is 10.0 Å². The minimum Gasteiger partial charge on any atom is -0.373 e. The highest BCUT2D eigenvalue weighted by Crippen LogP contribution is 2.35. The standard InChI is InChI=1S/C13H22N4O3S/c1-2-5-14-7-9-8-15-16-13(9)21(18,19)17-11-6-10-3-4-12(11)20-10/h8,10-12,14,17H,2-7H2,1H3,(H,15,16). The van der Waals surface area contributed by atoms with Gasteiger partial charge in [0.15, 0.2) is 5.03 Å². The summed E-state index contributed by atoms with van der Waals surface area (Å²) in [5, 5.41) is 9.84. The lowest BCUT2D eigenvalue weighted by molar-refractivity contribution is 0.0996. The van der Waals surface area contributed by atoms with Gasteiger partial charge >= 0.3 is 0 Å². The normalized spacial score (nSPS) is 28.3. The van der Waals surface area contributed by atoms with Crippen molar-refractivity contribution in [2.24, 2.45) is 0 Å². The first-order valence-corrected chi connectivity index (χ1v) is 8.99. The number of aromatic amines is 1. The van der Waals surface area contributed by atoms with Crippen molar-refractivity contribution in [3.8, 4) is 0 Å². The molecule has 3 atom stereocenters. The van der Waals surface area contributed by atoms with Crippen LogP contribution < -0.4 is 10.0 Å². The molecule has 3 N–H and O–H groups in total. The van der Waals surface area contributed by atoms with Crippen LogP contribution in [0.4, 0.5) is 0 Å². The molecule has 2 saturated heterocycles. The van der Waals surface area contributed by atoms with E-state index in [4.69, 9.17) is 4.74 Å². The van der Waals surface area contributed by atoms with Crippen molar-refractivity contribution in [3.63, 3.8) is 0 Å². The van der Waals surface area contributed by atoms with Crippen LogP contribution in [0.1, 0.15) is 38.2 Å². The lowest BCUT2D eigenvalue weighted by Crippen LogP contribution is -2.41. The number of H-pyrrole nitrogens is 1. The summed E-state index contributed by atoms with van der Waals surface area (Å²) in [6.07, 6.45) is 5.55. The molecule has 0 aliphatic carbocycles. The van der Waals surface area contributed by atoms with Crippen LogP contribution in [-0.4, -0.2) is 43.4 Å². The van der Waals surface area contributed by atoms with E-state index in [1.807, 2.05) is 0 Å². The third-order valence-corrected chi connectivity index (χ3v) is 5.61. The molecule has 3 rings (SSSR count). The number of sulfonamides is 1. The van der Waals surface area contributed by atoms with Crippen LogP contribution in [0.2, 0.25) is 0 Å². The van der Waals surface area contributed by atoms with E-state index in [0.29, 0.717) is 12.1 Å². The Bertz CT molecular complexity index is 586. The SMILES string of the molecule is CCCNCc1cn[nH]c1S(=O)(=O)NC1CC2CCC1O2. The smallest absolute Gasteiger partial charge is 0.258 e. The highest BCUT2D eigenvalue weighted by molar-refractivity contribution is 7.89. The second-order valence-corrected chi connectivity index (χ2v) is 7.39. The van der Waals surface area contributed by atoms with E-state index >= 15 is 0 Å². The molecule has 2 aliphatic heterocycles. The molecular weight excluding hydrogens is 292 g/mol. The summed E-state index contributed by atoms with van der Waals surface area (Å²) in [5.41, 5.74) is 0.667. The third-order valence-electron chi connectivity index (χ3n) is 4.10. The molecule has 0 radical (unpaired) electrons. The average Bonchev–Trinajstić information content (AvgIpc) is 3.13. The second-order valence-electron chi connectivity index (χ2n) is 5.74. The number of hydrogen-bond donors (Lipinski definition) is 3. The minimum absolute atomic E-state index is 0.0226. The van der Waals surface area contributed by atoms with Crippen LogP contribution in [0.25, 0.3) is 0 Å². The third kappa shape index (κ3) is 3.13. The molecule has 21 heavy (non-hydrogen) atoms. The molecule has 8 heteroatoms. The van der Waals surface area contributed by atoms with Gasteiger partial charge in [0.1, 0.15) is 0 Å². The van der Waals surface area contributed by atoms with Gasteiger partial charge in [0.05, 0.1) is 24.4 Å². The first-order chi connectivity index (χ1) is 10.1. The highest BCUT2D eigenvalue weighted by atomic mass is 32.2. The largest absolute Gasteiger partial charge is 0.373 e. The van der Waals surface area contributed by atoms with E-state index in [1.165, 1.54) is 0 Å². The van der Waals surface area contributed by atoms with Gasteiger partial charge in [-0.05, 0) is 32.2 Å². The second kappa shape index (κ2) is 6.04. The fourth-order valence-corrected chi connectivity index (χ4v) is 4.49. The molecule has 2 fully saturated rings. The van der Waals surface area contributed by atoms with E-state index in [2.05, 4.69) is 27.2 Å². The van der Waals surface area contributed by atoms with Gasteiger partial charge in [-0.15, -0.1) is 0 Å². The molecule has 0 amide bonds. The zero-order chi connectivity index (χ0) is 14.9. The van der Waals surface area contributed by atoms with Crippen LogP contribution >= 0.6 is 0 Å². The topological polar surface area (TPSA) is 96.1 Å². The van der Waals surface area contributed by atoms with Crippen molar-refractivity contribution in [1.29, 1.82) is 0 Å². The predicted molar refractivity (Wildman–Crippen MR) is 77.2 cm³/mol. The van der Waals surface area contributed by atoms with Crippen molar-refractivity contribution in [1.82, 2.24) is 20.2 Å². The molecule has 1 aromatic rings. The predicted octanol–water partition coefficient (Wildman–Crippen LogP) is 0.508. The number of ether oxygens (including phenoxy) is 1. The van der Waals surface area contributed by atoms with E-state index in [0.717, 1.165) is 32.2 Å². The Labute approximate surface area is 124 Å². The van der Waals surface area contributed by atoms with Crippen molar-refractivity contribution in [2.45, 2.75) is 62.4 Å². The Morgan fingerprint density at radius 3 is 3.00 bits per heavy atom. The first kappa shape index (κ1) is 15.0. The minimum atomic E-state index is -3.58. The van der Waals surface area contributed by atoms with Gasteiger partial charge in [-0.2, -0.15) is 5.10 Å². The first-order valence-electron chi connectivity index (χ1n) is 7.51. The Morgan fingerprint density at radius 2 is 2.33 bits per heavy atom. The lowest BCUT2D eigenvalue weighted by Gasteiger charge is -2.19. The van der Waals surface area contributed by atoms with Gasteiger partial charge in [-0.25, -0.2) is 13.1 Å². The van der Waals surface area contributed by atoms with Crippen LogP contribution in [0.5, 0.6) is 0 Å². The van der Waals surface area contributed by atoms with Crippen molar-refractivity contribution in [3.05, 3.63) is 11.8 Å². The van der Waals surface area contributed by atoms with E-state index in [9.17, 15) is 8.42 Å². The quantitative estimate of drug-likeness (QED) is 0.637. The van der Waals surface area contributed by atoms with Gasteiger partial charge in [-0.1, -0.05) is 6.92 Å². The van der Waals surface area contributed by atoms with Gasteiger partial charge in [-0.3, -0.25) is 5.10 Å². The van der Waals surface area contributed by atoms with Crippen LogP contribution in [-0.2, 0) is 21.3 Å². The molecule has 118 valence electrons. The fraction of sp³-hybridized carbons (Fsp3) is 0.769. The molecule has 0 spiro atoms. The molecule has 0 aromatic carbocycles. The molecule has 2 aliphatic rings. The van der Waals surface area contributed by atoms with Crippen LogP contribution in [0.3, 0.4) is 0 Å². The van der Waals surface area contributed by atoms with Gasteiger partial charge in [0.2, 0.25) is 0 Å². The summed E-state index contributed by atoms with van der Waals surface area (Å²) < 4.78 is 33.5. The van der Waals surface area contributed by atoms with Crippen LogP contribution in [0.15, 0.2) is 11.2 Å².